The van der Waals surface area contributed by atoms with Crippen molar-refractivity contribution >= 4 is 23.7 Å². The molecule has 0 aliphatic heterocycles. The molecule has 2 N–H and O–H groups in total. The van der Waals surface area contributed by atoms with Crippen LogP contribution in [0.3, 0.4) is 0 Å². The van der Waals surface area contributed by atoms with E-state index in [-0.39, 0.29) is 18.4 Å². The van der Waals surface area contributed by atoms with E-state index >= 15 is 0 Å². The molecule has 0 bridgehead atoms. The fourth-order valence-corrected chi connectivity index (χ4v) is 1.99. The minimum Gasteiger partial charge on any atom is -0.324 e. The molecule has 0 amide bonds. The smallest absolute Gasteiger partial charge is 0.0303 e. The molecule has 1 heterocycles. The first-order valence-corrected chi connectivity index (χ1v) is 5.56. The van der Waals surface area contributed by atoms with Crippen LogP contribution in [0, 0.1) is 0 Å². The number of nitrogens with two attached hydrogens (primary N) is 1. The summed E-state index contributed by atoms with van der Waals surface area (Å²) in [6.07, 6.45) is 4.96. The summed E-state index contributed by atoms with van der Waals surface area (Å²) in [6, 6.07) is 2.39. The van der Waals surface area contributed by atoms with E-state index < -0.39 is 0 Å². The van der Waals surface area contributed by atoms with Crippen molar-refractivity contribution in [1.29, 1.82) is 0 Å². The van der Waals surface area contributed by atoms with Crippen molar-refractivity contribution in [3.8, 4) is 0 Å². The Balaban J connectivity index is 0.00000144. The van der Waals surface area contributed by atoms with Crippen LogP contribution in [0.1, 0.15) is 44.2 Å². The molecule has 1 aromatic rings. The second kappa shape index (κ2) is 7.36. The average Bonchev–Trinajstić information content (AvgIpc) is 2.56. The van der Waals surface area contributed by atoms with Crippen LogP contribution >= 0.6 is 23.7 Å². The number of hydrogen-bond acceptors (Lipinski definition) is 2. The van der Waals surface area contributed by atoms with Crippen molar-refractivity contribution < 1.29 is 0 Å². The maximum atomic E-state index is 5.99. The van der Waals surface area contributed by atoms with E-state index in [0.29, 0.717) is 0 Å². The lowest BCUT2D eigenvalue weighted by molar-refractivity contribution is 0.582. The van der Waals surface area contributed by atoms with Crippen molar-refractivity contribution in [3.63, 3.8) is 0 Å². The Morgan fingerprint density at radius 1 is 1.46 bits per heavy atom. The van der Waals surface area contributed by atoms with Crippen molar-refractivity contribution in [2.45, 2.75) is 38.6 Å². The number of unbranched alkanes of at least 4 members (excludes halogenated alkanes) is 2. The third-order valence-corrected chi connectivity index (χ3v) is 2.79. The molecule has 0 spiro atoms. The van der Waals surface area contributed by atoms with Gasteiger partial charge in [-0.3, -0.25) is 0 Å². The fourth-order valence-electron chi connectivity index (χ4n) is 1.27. The van der Waals surface area contributed by atoms with E-state index in [1.54, 1.807) is 11.3 Å². The standard InChI is InChI=1S/C10H17NS.ClH/c1-2-3-4-5-10(11)9-6-7-12-8-9;/h6-8,10H,2-5,11H2,1H3;1H/t10-;/m1./s1. The molecule has 0 aliphatic rings. The van der Waals surface area contributed by atoms with Crippen molar-refractivity contribution in [1.82, 2.24) is 0 Å². The van der Waals surface area contributed by atoms with E-state index in [2.05, 4.69) is 23.8 Å². The molecule has 0 saturated heterocycles. The molecule has 0 unspecified atom stereocenters. The number of halogens is 1. The van der Waals surface area contributed by atoms with Crippen LogP contribution in [0.15, 0.2) is 16.8 Å². The molecule has 0 radical (unpaired) electrons. The van der Waals surface area contributed by atoms with Gasteiger partial charge in [-0.25, -0.2) is 0 Å². The van der Waals surface area contributed by atoms with Crippen molar-refractivity contribution in [2.75, 3.05) is 0 Å². The largest absolute Gasteiger partial charge is 0.324 e. The lowest BCUT2D eigenvalue weighted by Gasteiger charge is -2.08. The van der Waals surface area contributed by atoms with E-state index in [4.69, 9.17) is 5.73 Å². The van der Waals surface area contributed by atoms with Crippen molar-refractivity contribution in [2.24, 2.45) is 5.73 Å². The predicted molar refractivity (Wildman–Crippen MR) is 62.6 cm³/mol. The maximum Gasteiger partial charge on any atom is 0.0303 e. The Hall–Kier alpha value is -0.0500. The van der Waals surface area contributed by atoms with Crippen LogP contribution in [0.25, 0.3) is 0 Å². The Morgan fingerprint density at radius 3 is 2.77 bits per heavy atom. The summed E-state index contributed by atoms with van der Waals surface area (Å²) in [4.78, 5) is 0. The molecule has 0 saturated carbocycles. The minimum atomic E-state index is 0. The summed E-state index contributed by atoms with van der Waals surface area (Å²) < 4.78 is 0. The van der Waals surface area contributed by atoms with Gasteiger partial charge in [-0.2, -0.15) is 11.3 Å². The molecule has 0 fully saturated rings. The summed E-state index contributed by atoms with van der Waals surface area (Å²) in [7, 11) is 0. The topological polar surface area (TPSA) is 26.0 Å². The first kappa shape index (κ1) is 12.9. The quantitative estimate of drug-likeness (QED) is 0.751. The van der Waals surface area contributed by atoms with E-state index in [0.717, 1.165) is 6.42 Å². The summed E-state index contributed by atoms with van der Waals surface area (Å²) in [5.41, 5.74) is 7.29. The monoisotopic (exact) mass is 219 g/mol. The molecule has 1 aromatic heterocycles. The maximum absolute atomic E-state index is 5.99. The molecule has 1 nitrogen and oxygen atoms in total. The lowest BCUT2D eigenvalue weighted by atomic mass is 10.0. The normalized spacial score (nSPS) is 12.2. The van der Waals surface area contributed by atoms with Gasteiger partial charge in [0.1, 0.15) is 0 Å². The Kier molecular flexibility index (Phi) is 7.33. The van der Waals surface area contributed by atoms with Crippen LogP contribution in [-0.4, -0.2) is 0 Å². The van der Waals surface area contributed by atoms with Gasteiger partial charge in [0.15, 0.2) is 0 Å². The Morgan fingerprint density at radius 2 is 2.23 bits per heavy atom. The highest BCUT2D eigenvalue weighted by molar-refractivity contribution is 7.07. The number of thiophene rings is 1. The summed E-state index contributed by atoms with van der Waals surface area (Å²) in [5.74, 6) is 0. The molecule has 13 heavy (non-hydrogen) atoms. The van der Waals surface area contributed by atoms with Gasteiger partial charge in [0.05, 0.1) is 0 Å². The van der Waals surface area contributed by atoms with Crippen molar-refractivity contribution in [3.05, 3.63) is 22.4 Å². The highest BCUT2D eigenvalue weighted by Gasteiger charge is 2.04. The van der Waals surface area contributed by atoms with Gasteiger partial charge in [-0.1, -0.05) is 26.2 Å². The number of rotatable bonds is 5. The van der Waals surface area contributed by atoms with E-state index in [1.165, 1.54) is 24.8 Å². The van der Waals surface area contributed by atoms with Gasteiger partial charge in [0, 0.05) is 6.04 Å². The predicted octanol–water partition coefficient (Wildman–Crippen LogP) is 3.75. The molecular weight excluding hydrogens is 202 g/mol. The van der Waals surface area contributed by atoms with Gasteiger partial charge in [-0.05, 0) is 28.8 Å². The molecule has 3 heteroatoms. The third-order valence-electron chi connectivity index (χ3n) is 2.09. The van der Waals surface area contributed by atoms with E-state index in [1.807, 2.05) is 0 Å². The Labute approximate surface area is 90.8 Å². The summed E-state index contributed by atoms with van der Waals surface area (Å²) in [5, 5.41) is 4.24. The molecule has 76 valence electrons. The molecular formula is C10H18ClNS. The molecule has 0 aromatic carbocycles. The number of hydrogen-bond donors (Lipinski definition) is 1. The fraction of sp³-hybridized carbons (Fsp3) is 0.600. The third kappa shape index (κ3) is 4.65. The first-order valence-electron chi connectivity index (χ1n) is 4.62. The van der Waals surface area contributed by atoms with Gasteiger partial charge in [-0.15, -0.1) is 12.4 Å². The molecule has 0 aliphatic carbocycles. The average molecular weight is 220 g/mol. The van der Waals surface area contributed by atoms with Gasteiger partial charge in [0.25, 0.3) is 0 Å². The van der Waals surface area contributed by atoms with Crippen LogP contribution < -0.4 is 5.73 Å². The van der Waals surface area contributed by atoms with Gasteiger partial charge < -0.3 is 5.73 Å². The van der Waals surface area contributed by atoms with Crippen LogP contribution in [0.2, 0.25) is 0 Å². The zero-order valence-electron chi connectivity index (χ0n) is 8.03. The van der Waals surface area contributed by atoms with Crippen LogP contribution in [0.5, 0.6) is 0 Å². The van der Waals surface area contributed by atoms with E-state index in [9.17, 15) is 0 Å². The second-order valence-corrected chi connectivity index (χ2v) is 3.94. The first-order chi connectivity index (χ1) is 5.84. The zero-order valence-corrected chi connectivity index (χ0v) is 9.66. The lowest BCUT2D eigenvalue weighted by Crippen LogP contribution is -2.08. The zero-order chi connectivity index (χ0) is 8.81. The van der Waals surface area contributed by atoms with Crippen LogP contribution in [-0.2, 0) is 0 Å². The molecule has 1 atom stereocenters. The minimum absolute atomic E-state index is 0. The summed E-state index contributed by atoms with van der Waals surface area (Å²) >= 11 is 1.73. The SMILES string of the molecule is CCCCC[C@@H](N)c1ccsc1.Cl. The highest BCUT2D eigenvalue weighted by atomic mass is 35.5. The highest BCUT2D eigenvalue weighted by Crippen LogP contribution is 2.19. The van der Waals surface area contributed by atoms with Gasteiger partial charge in [0.2, 0.25) is 0 Å². The second-order valence-electron chi connectivity index (χ2n) is 3.16. The van der Waals surface area contributed by atoms with Crippen LogP contribution in [0.4, 0.5) is 0 Å². The summed E-state index contributed by atoms with van der Waals surface area (Å²) in [6.45, 7) is 2.22. The van der Waals surface area contributed by atoms with Gasteiger partial charge >= 0.3 is 0 Å². The Bertz CT molecular complexity index is 199. The molecule has 1 rings (SSSR count).